The van der Waals surface area contributed by atoms with Gasteiger partial charge < -0.3 is 9.47 Å². The van der Waals surface area contributed by atoms with Gasteiger partial charge in [-0.1, -0.05) is 45.9 Å². The van der Waals surface area contributed by atoms with Crippen LogP contribution in [0.2, 0.25) is 0 Å². The van der Waals surface area contributed by atoms with E-state index in [0.29, 0.717) is 12.2 Å². The number of carbonyl (C=O) groups excluding carboxylic acids is 2. The van der Waals surface area contributed by atoms with Crippen LogP contribution >= 0.6 is 0 Å². The van der Waals surface area contributed by atoms with Crippen molar-refractivity contribution in [1.82, 2.24) is 0 Å². The van der Waals surface area contributed by atoms with Crippen molar-refractivity contribution >= 4 is 11.8 Å². The Hall–Kier alpha value is -2.46. The zero-order valence-electron chi connectivity index (χ0n) is 19.4. The summed E-state index contributed by atoms with van der Waals surface area (Å²) < 4.78 is 10.4. The summed E-state index contributed by atoms with van der Waals surface area (Å²) in [6.07, 6.45) is 1.91. The molecule has 1 atom stereocenters. The molecule has 2 aliphatic rings. The maximum Gasteiger partial charge on any atom is 0.338 e. The molecule has 164 valence electrons. The van der Waals surface area contributed by atoms with Crippen molar-refractivity contribution in [3.63, 3.8) is 0 Å². The van der Waals surface area contributed by atoms with E-state index in [2.05, 4.69) is 45.9 Å². The highest BCUT2D eigenvalue weighted by Gasteiger charge is 2.56. The van der Waals surface area contributed by atoms with Gasteiger partial charge in [-0.2, -0.15) is 0 Å². The Kier molecular flexibility index (Phi) is 5.13. The lowest BCUT2D eigenvalue weighted by Gasteiger charge is -2.30. The number of ether oxygens (including phenoxy) is 2. The Morgan fingerprint density at radius 2 is 1.32 bits per heavy atom. The van der Waals surface area contributed by atoms with Gasteiger partial charge in [0.15, 0.2) is 5.78 Å². The van der Waals surface area contributed by atoms with Crippen molar-refractivity contribution in [2.45, 2.75) is 63.7 Å². The van der Waals surface area contributed by atoms with E-state index >= 15 is 0 Å². The number of methoxy groups -OCH3 is 1. The lowest BCUT2D eigenvalue weighted by atomic mass is 9.72. The molecule has 4 heteroatoms. The van der Waals surface area contributed by atoms with Crippen molar-refractivity contribution < 1.29 is 19.1 Å². The van der Waals surface area contributed by atoms with E-state index in [1.54, 1.807) is 14.0 Å². The molecular weight excluding hydrogens is 388 g/mol. The van der Waals surface area contributed by atoms with Crippen LogP contribution in [-0.4, -0.2) is 32.1 Å². The topological polar surface area (TPSA) is 52.6 Å². The molecule has 1 spiro atoms. The largest absolute Gasteiger partial charge is 0.460 e. The first kappa shape index (κ1) is 21.8. The van der Waals surface area contributed by atoms with Crippen LogP contribution in [0.1, 0.15) is 90.4 Å². The zero-order valence-corrected chi connectivity index (χ0v) is 19.4. The van der Waals surface area contributed by atoms with Gasteiger partial charge in [-0.15, -0.1) is 0 Å². The summed E-state index contributed by atoms with van der Waals surface area (Å²) in [5.74, 6) is -0.245. The number of carbonyl (C=O) groups is 2. The minimum absolute atomic E-state index is 0.0165. The highest BCUT2D eigenvalue weighted by atomic mass is 16.6. The Labute approximate surface area is 185 Å². The Bertz CT molecular complexity index is 1060. The first-order valence-electron chi connectivity index (χ1n) is 11.0. The molecule has 31 heavy (non-hydrogen) atoms. The second kappa shape index (κ2) is 7.30. The van der Waals surface area contributed by atoms with Crippen molar-refractivity contribution in [3.05, 3.63) is 69.8 Å². The van der Waals surface area contributed by atoms with E-state index < -0.39 is 0 Å². The molecule has 4 nitrogen and oxygen atoms in total. The Morgan fingerprint density at radius 3 is 1.84 bits per heavy atom. The molecule has 0 N–H and O–H groups in total. The molecule has 0 radical (unpaired) electrons. The summed E-state index contributed by atoms with van der Waals surface area (Å²) in [5, 5.41) is 0. The number of rotatable bonds is 5. The number of hydrogen-bond acceptors (Lipinski definition) is 4. The van der Waals surface area contributed by atoms with E-state index in [-0.39, 0.29) is 34.6 Å². The molecule has 0 amide bonds. The van der Waals surface area contributed by atoms with Gasteiger partial charge in [0.25, 0.3) is 0 Å². The lowest BCUT2D eigenvalue weighted by molar-refractivity contribution is 0.0388. The third-order valence-corrected chi connectivity index (χ3v) is 7.18. The van der Waals surface area contributed by atoms with Gasteiger partial charge in [-0.25, -0.2) is 4.79 Å². The van der Waals surface area contributed by atoms with E-state index in [9.17, 15) is 9.59 Å². The molecule has 0 heterocycles. The van der Waals surface area contributed by atoms with Gasteiger partial charge in [0.05, 0.1) is 12.2 Å². The van der Waals surface area contributed by atoms with E-state index in [4.69, 9.17) is 9.47 Å². The smallest absolute Gasteiger partial charge is 0.338 e. The highest BCUT2D eigenvalue weighted by Crippen LogP contribution is 2.62. The first-order chi connectivity index (χ1) is 14.5. The van der Waals surface area contributed by atoms with Crippen molar-refractivity contribution in [2.75, 3.05) is 20.3 Å². The van der Waals surface area contributed by atoms with Crippen LogP contribution in [0.15, 0.2) is 36.4 Å². The van der Waals surface area contributed by atoms with Gasteiger partial charge >= 0.3 is 5.97 Å². The predicted octanol–water partition coefficient (Wildman–Crippen LogP) is 5.34. The van der Waals surface area contributed by atoms with Crippen LogP contribution in [-0.2, 0) is 25.7 Å². The number of Topliss-reactive ketones (excluding diaryl/α,β-unsaturated/α-hetero) is 1. The number of fused-ring (bicyclic) bond motifs is 4. The molecule has 1 unspecified atom stereocenters. The third kappa shape index (κ3) is 3.41. The van der Waals surface area contributed by atoms with Gasteiger partial charge in [-0.05, 0) is 71.0 Å². The van der Waals surface area contributed by atoms with E-state index in [1.165, 1.54) is 22.3 Å². The minimum Gasteiger partial charge on any atom is -0.460 e. The SMILES string of the molecule is COCCOC(=O)c1ccc2c(c1)C1(CC(C)(C)c3ccc(C(C)=O)cc31)CC2(C)C. The second-order valence-electron chi connectivity index (χ2n) is 10.4. The van der Waals surface area contributed by atoms with E-state index in [1.807, 2.05) is 18.2 Å². The van der Waals surface area contributed by atoms with Crippen LogP contribution in [0.4, 0.5) is 0 Å². The standard InChI is InChI=1S/C27H32O4/c1-17(28)18-7-9-20-22(13-18)27(15-25(20,2)3)16-26(4,5)21-10-8-19(14-23(21)27)24(29)31-12-11-30-6/h7-10,13-14H,11-12,15-16H2,1-6H3. The van der Waals surface area contributed by atoms with Crippen LogP contribution in [0, 0.1) is 0 Å². The number of benzene rings is 2. The highest BCUT2D eigenvalue weighted by molar-refractivity contribution is 5.94. The maximum absolute atomic E-state index is 12.7. The van der Waals surface area contributed by atoms with Crippen molar-refractivity contribution in [2.24, 2.45) is 0 Å². The molecular formula is C27H32O4. The van der Waals surface area contributed by atoms with Crippen molar-refractivity contribution in [3.8, 4) is 0 Å². The van der Waals surface area contributed by atoms with Crippen LogP contribution in [0.3, 0.4) is 0 Å². The monoisotopic (exact) mass is 420 g/mol. The number of ketones is 1. The molecule has 4 rings (SSSR count). The normalized spacial score (nSPS) is 22.3. The second-order valence-corrected chi connectivity index (χ2v) is 10.4. The van der Waals surface area contributed by atoms with Crippen LogP contribution in [0.5, 0.6) is 0 Å². The minimum atomic E-state index is -0.324. The molecule has 0 bridgehead atoms. The summed E-state index contributed by atoms with van der Waals surface area (Å²) in [4.78, 5) is 24.9. The number of hydrogen-bond donors (Lipinski definition) is 0. The Morgan fingerprint density at radius 1 is 0.806 bits per heavy atom. The van der Waals surface area contributed by atoms with Gasteiger partial charge in [-0.3, -0.25) is 4.79 Å². The fourth-order valence-corrected chi connectivity index (χ4v) is 6.00. The average Bonchev–Trinajstić information content (AvgIpc) is 3.07. The summed E-state index contributed by atoms with van der Waals surface area (Å²) in [7, 11) is 1.59. The quantitative estimate of drug-likeness (QED) is 0.372. The van der Waals surface area contributed by atoms with Crippen molar-refractivity contribution in [1.29, 1.82) is 0 Å². The van der Waals surface area contributed by atoms with Gasteiger partial charge in [0.2, 0.25) is 0 Å². The maximum atomic E-state index is 12.7. The molecule has 2 aromatic rings. The molecule has 0 aliphatic heterocycles. The number of esters is 1. The van der Waals surface area contributed by atoms with Crippen LogP contribution < -0.4 is 0 Å². The average molecular weight is 421 g/mol. The fraction of sp³-hybridized carbons (Fsp3) is 0.481. The lowest BCUT2D eigenvalue weighted by Crippen LogP contribution is -2.27. The molecule has 0 fully saturated rings. The van der Waals surface area contributed by atoms with Gasteiger partial charge in [0.1, 0.15) is 6.61 Å². The summed E-state index contributed by atoms with van der Waals surface area (Å²) >= 11 is 0. The fourth-order valence-electron chi connectivity index (χ4n) is 6.00. The zero-order chi connectivity index (χ0) is 22.6. The molecule has 0 saturated carbocycles. The molecule has 2 aromatic carbocycles. The van der Waals surface area contributed by atoms with E-state index in [0.717, 1.165) is 18.4 Å². The first-order valence-corrected chi connectivity index (χ1v) is 11.0. The Balaban J connectivity index is 1.87. The third-order valence-electron chi connectivity index (χ3n) is 7.18. The predicted molar refractivity (Wildman–Crippen MR) is 121 cm³/mol. The van der Waals surface area contributed by atoms with Crippen LogP contribution in [0.25, 0.3) is 0 Å². The summed E-state index contributed by atoms with van der Waals surface area (Å²) in [5.41, 5.74) is 6.07. The molecule has 0 aromatic heterocycles. The summed E-state index contributed by atoms with van der Waals surface area (Å²) in [6, 6.07) is 12.2. The van der Waals surface area contributed by atoms with Gasteiger partial charge in [0, 0.05) is 18.1 Å². The summed E-state index contributed by atoms with van der Waals surface area (Å²) in [6.45, 7) is 11.3. The molecule has 0 saturated heterocycles. The molecule has 2 aliphatic carbocycles.